The van der Waals surface area contributed by atoms with Crippen LogP contribution in [0.4, 0.5) is 0 Å². The fourth-order valence-corrected chi connectivity index (χ4v) is 1.12. The van der Waals surface area contributed by atoms with Crippen LogP contribution >= 0.6 is 0 Å². The summed E-state index contributed by atoms with van der Waals surface area (Å²) in [6.07, 6.45) is 0.577. The summed E-state index contributed by atoms with van der Waals surface area (Å²) in [5, 5.41) is 9.09. The highest BCUT2D eigenvalue weighted by atomic mass is 16.9. The van der Waals surface area contributed by atoms with Gasteiger partial charge in [-0.25, -0.2) is 0 Å². The highest BCUT2D eigenvalue weighted by molar-refractivity contribution is 5.25. The summed E-state index contributed by atoms with van der Waals surface area (Å²) in [5.41, 5.74) is 2.22. The predicted molar refractivity (Wildman–Crippen MR) is 47.8 cm³/mol. The molecule has 0 spiro atoms. The average molecular weight is 181 g/mol. The average Bonchev–Trinajstić information content (AvgIpc) is 2.08. The molecule has 1 aromatic carbocycles. The molecule has 4 heteroatoms. The van der Waals surface area contributed by atoms with E-state index in [1.165, 1.54) is 0 Å². The van der Waals surface area contributed by atoms with Gasteiger partial charge in [-0.1, -0.05) is 24.3 Å². The third kappa shape index (κ3) is 3.11. The van der Waals surface area contributed by atoms with Gasteiger partial charge in [0.05, 0.1) is 0 Å². The number of aryl methyl sites for hydroxylation is 1. The normalized spacial score (nSPS) is 9.62. The Kier molecular flexibility index (Phi) is 3.25. The molecule has 70 valence electrons. The smallest absolute Gasteiger partial charge is 0.294 e. The van der Waals surface area contributed by atoms with E-state index in [0.717, 1.165) is 11.1 Å². The zero-order chi connectivity index (χ0) is 9.68. The van der Waals surface area contributed by atoms with Crippen LogP contribution in [0.2, 0.25) is 0 Å². The fraction of sp³-hybridized carbons (Fsp3) is 0.333. The van der Waals surface area contributed by atoms with E-state index in [4.69, 9.17) is 0 Å². The van der Waals surface area contributed by atoms with Gasteiger partial charge < -0.3 is 4.84 Å². The Morgan fingerprint density at radius 1 is 1.46 bits per heavy atom. The first kappa shape index (κ1) is 9.51. The Hall–Kier alpha value is -1.58. The third-order valence-corrected chi connectivity index (χ3v) is 1.83. The molecule has 0 saturated heterocycles. The molecule has 0 amide bonds. The van der Waals surface area contributed by atoms with E-state index in [2.05, 4.69) is 4.84 Å². The second kappa shape index (κ2) is 4.45. The van der Waals surface area contributed by atoms with Crippen LogP contribution in [-0.4, -0.2) is 11.7 Å². The van der Waals surface area contributed by atoms with Crippen LogP contribution in [0.1, 0.15) is 11.1 Å². The summed E-state index contributed by atoms with van der Waals surface area (Å²) in [6.45, 7) is 2.10. The molecular formula is C9H11NO3. The Bertz CT molecular complexity index is 299. The third-order valence-electron chi connectivity index (χ3n) is 1.83. The molecule has 1 aromatic rings. The van der Waals surface area contributed by atoms with E-state index in [1.807, 2.05) is 31.2 Å². The number of benzene rings is 1. The van der Waals surface area contributed by atoms with Crippen LogP contribution in [0.5, 0.6) is 0 Å². The molecule has 0 radical (unpaired) electrons. The summed E-state index contributed by atoms with van der Waals surface area (Å²) < 4.78 is 0. The van der Waals surface area contributed by atoms with Crippen molar-refractivity contribution in [3.63, 3.8) is 0 Å². The van der Waals surface area contributed by atoms with E-state index in [0.29, 0.717) is 6.42 Å². The van der Waals surface area contributed by atoms with Gasteiger partial charge in [-0.15, -0.1) is 10.1 Å². The topological polar surface area (TPSA) is 52.4 Å². The van der Waals surface area contributed by atoms with Crippen LogP contribution < -0.4 is 0 Å². The Morgan fingerprint density at radius 2 is 2.15 bits per heavy atom. The van der Waals surface area contributed by atoms with E-state index < -0.39 is 5.09 Å². The second-order valence-corrected chi connectivity index (χ2v) is 2.73. The van der Waals surface area contributed by atoms with Gasteiger partial charge in [0, 0.05) is 0 Å². The molecule has 1 rings (SSSR count). The van der Waals surface area contributed by atoms with Crippen molar-refractivity contribution in [2.24, 2.45) is 0 Å². The van der Waals surface area contributed by atoms with E-state index in [9.17, 15) is 10.1 Å². The maximum atomic E-state index is 9.86. The molecule has 0 heterocycles. The van der Waals surface area contributed by atoms with Crippen molar-refractivity contribution in [3.8, 4) is 0 Å². The SMILES string of the molecule is Cc1ccccc1CCO[N+](=O)[O-]. The standard InChI is InChI=1S/C9H11NO3/c1-8-4-2-3-5-9(8)6-7-13-10(11)12/h2-5H,6-7H2,1H3. The van der Waals surface area contributed by atoms with E-state index >= 15 is 0 Å². The highest BCUT2D eigenvalue weighted by Gasteiger charge is 1.98. The molecule has 0 aromatic heterocycles. The summed E-state index contributed by atoms with van der Waals surface area (Å²) in [6, 6.07) is 7.77. The fourth-order valence-electron chi connectivity index (χ4n) is 1.12. The zero-order valence-corrected chi connectivity index (χ0v) is 7.40. The lowest BCUT2D eigenvalue weighted by Crippen LogP contribution is -2.05. The Morgan fingerprint density at radius 3 is 2.77 bits per heavy atom. The number of nitrogens with zero attached hydrogens (tertiary/aromatic N) is 1. The second-order valence-electron chi connectivity index (χ2n) is 2.73. The molecule has 13 heavy (non-hydrogen) atoms. The summed E-state index contributed by atoms with van der Waals surface area (Å²) in [7, 11) is 0. The molecule has 4 nitrogen and oxygen atoms in total. The van der Waals surface area contributed by atoms with Gasteiger partial charge in [0.25, 0.3) is 5.09 Å². The first-order valence-electron chi connectivity index (χ1n) is 4.02. The molecule has 0 aliphatic carbocycles. The van der Waals surface area contributed by atoms with Gasteiger partial charge in [-0.2, -0.15) is 0 Å². The minimum Gasteiger partial charge on any atom is -0.314 e. The van der Waals surface area contributed by atoms with Crippen molar-refractivity contribution in [2.75, 3.05) is 6.61 Å². The molecule has 0 atom stereocenters. The molecule has 0 fully saturated rings. The molecule has 0 bridgehead atoms. The number of hydrogen-bond donors (Lipinski definition) is 0. The van der Waals surface area contributed by atoms with Gasteiger partial charge in [0.1, 0.15) is 6.61 Å². The minimum absolute atomic E-state index is 0.123. The van der Waals surface area contributed by atoms with Crippen molar-refractivity contribution in [1.29, 1.82) is 0 Å². The molecule has 0 aliphatic rings. The van der Waals surface area contributed by atoms with Crippen LogP contribution in [-0.2, 0) is 11.3 Å². The lowest BCUT2D eigenvalue weighted by Gasteiger charge is -2.03. The Balaban J connectivity index is 2.45. The minimum atomic E-state index is -0.766. The lowest BCUT2D eigenvalue weighted by molar-refractivity contribution is -0.757. The van der Waals surface area contributed by atoms with Crippen molar-refractivity contribution < 1.29 is 9.92 Å². The first-order valence-corrected chi connectivity index (χ1v) is 4.02. The molecule has 0 aliphatic heterocycles. The summed E-state index contributed by atoms with van der Waals surface area (Å²) in [5.74, 6) is 0. The highest BCUT2D eigenvalue weighted by Crippen LogP contribution is 2.07. The summed E-state index contributed by atoms with van der Waals surface area (Å²) in [4.78, 5) is 14.1. The summed E-state index contributed by atoms with van der Waals surface area (Å²) >= 11 is 0. The number of rotatable bonds is 4. The van der Waals surface area contributed by atoms with Crippen LogP contribution in [0.25, 0.3) is 0 Å². The van der Waals surface area contributed by atoms with Crippen LogP contribution in [0, 0.1) is 17.0 Å². The van der Waals surface area contributed by atoms with Gasteiger partial charge in [-0.05, 0) is 24.5 Å². The van der Waals surface area contributed by atoms with Crippen molar-refractivity contribution >= 4 is 0 Å². The zero-order valence-electron chi connectivity index (χ0n) is 7.40. The molecular weight excluding hydrogens is 170 g/mol. The largest absolute Gasteiger partial charge is 0.314 e. The lowest BCUT2D eigenvalue weighted by atomic mass is 10.1. The maximum absolute atomic E-state index is 9.86. The predicted octanol–water partition coefficient (Wildman–Crippen LogP) is 1.75. The molecule has 0 saturated carbocycles. The van der Waals surface area contributed by atoms with Crippen molar-refractivity contribution in [3.05, 3.63) is 45.5 Å². The van der Waals surface area contributed by atoms with Crippen LogP contribution in [0.3, 0.4) is 0 Å². The van der Waals surface area contributed by atoms with Crippen molar-refractivity contribution in [2.45, 2.75) is 13.3 Å². The van der Waals surface area contributed by atoms with Crippen LogP contribution in [0.15, 0.2) is 24.3 Å². The van der Waals surface area contributed by atoms with Gasteiger partial charge in [0.15, 0.2) is 0 Å². The quantitative estimate of drug-likeness (QED) is 0.525. The van der Waals surface area contributed by atoms with Crippen molar-refractivity contribution in [1.82, 2.24) is 0 Å². The monoisotopic (exact) mass is 181 g/mol. The van der Waals surface area contributed by atoms with E-state index in [-0.39, 0.29) is 6.61 Å². The van der Waals surface area contributed by atoms with Gasteiger partial charge >= 0.3 is 0 Å². The molecule has 0 unspecified atom stereocenters. The van der Waals surface area contributed by atoms with Gasteiger partial charge in [0.2, 0.25) is 0 Å². The van der Waals surface area contributed by atoms with E-state index in [1.54, 1.807) is 0 Å². The van der Waals surface area contributed by atoms with Gasteiger partial charge in [-0.3, -0.25) is 0 Å². The molecule has 0 N–H and O–H groups in total. The number of hydrogen-bond acceptors (Lipinski definition) is 3. The Labute approximate surface area is 76.2 Å². The first-order chi connectivity index (χ1) is 6.20. The maximum Gasteiger partial charge on any atom is 0.294 e.